The van der Waals surface area contributed by atoms with Gasteiger partial charge in [0, 0.05) is 11.7 Å². The molecule has 1 aromatic carbocycles. The molecule has 0 saturated carbocycles. The summed E-state index contributed by atoms with van der Waals surface area (Å²) < 4.78 is 0.881. The highest BCUT2D eigenvalue weighted by Crippen LogP contribution is 2.30. The van der Waals surface area contributed by atoms with E-state index in [-0.39, 0.29) is 17.2 Å². The van der Waals surface area contributed by atoms with Gasteiger partial charge in [0.25, 0.3) is 0 Å². The molecule has 0 aliphatic heterocycles. The Morgan fingerprint density at radius 3 is 2.48 bits per heavy atom. The number of carbonyl (C=O) groups is 1. The van der Waals surface area contributed by atoms with E-state index < -0.39 is 0 Å². The second-order valence-corrected chi connectivity index (χ2v) is 10.0. The van der Waals surface area contributed by atoms with Crippen molar-refractivity contribution < 1.29 is 4.79 Å². The van der Waals surface area contributed by atoms with Gasteiger partial charge in [0.05, 0.1) is 0 Å². The molecule has 0 unspecified atom stereocenters. The number of aromatic nitrogens is 2. The molecule has 2 aromatic rings. The summed E-state index contributed by atoms with van der Waals surface area (Å²) >= 11 is 3.10. The molecule has 2 rings (SSSR count). The number of nitrogens with zero attached hydrogens (tertiary/aromatic N) is 2. The number of anilines is 1. The maximum absolute atomic E-state index is 12.4. The number of carbonyl (C=O) groups excluding carboxylic acids is 1. The third-order valence-corrected chi connectivity index (χ3v) is 6.63. The zero-order valence-electron chi connectivity index (χ0n) is 17.0. The lowest BCUT2D eigenvalue weighted by Gasteiger charge is -2.19. The Hall–Kier alpha value is -1.40. The highest BCUT2D eigenvalue weighted by Gasteiger charge is 2.18. The van der Waals surface area contributed by atoms with Crippen LogP contribution in [0.3, 0.4) is 0 Å². The van der Waals surface area contributed by atoms with Gasteiger partial charge in [0.15, 0.2) is 4.34 Å². The van der Waals surface area contributed by atoms with E-state index in [4.69, 9.17) is 0 Å². The van der Waals surface area contributed by atoms with Crippen LogP contribution in [0, 0.1) is 5.92 Å². The number of unbranched alkanes of at least 4 members (excludes halogenated alkanes) is 1. The number of thioether (sulfide) groups is 1. The van der Waals surface area contributed by atoms with Gasteiger partial charge in [-0.1, -0.05) is 94.8 Å². The quantitative estimate of drug-likeness (QED) is 0.394. The number of hydrogen-bond donors (Lipinski definition) is 1. The molecule has 0 spiro atoms. The van der Waals surface area contributed by atoms with Crippen LogP contribution in [-0.2, 0) is 16.0 Å². The molecule has 0 fully saturated rings. The van der Waals surface area contributed by atoms with Crippen LogP contribution >= 0.6 is 23.1 Å². The van der Waals surface area contributed by atoms with Gasteiger partial charge in [-0.3, -0.25) is 4.79 Å². The van der Waals surface area contributed by atoms with Gasteiger partial charge < -0.3 is 5.32 Å². The molecule has 0 aliphatic carbocycles. The second-order valence-electron chi connectivity index (χ2n) is 7.85. The average molecular weight is 406 g/mol. The number of hydrogen-bond acceptors (Lipinski definition) is 5. The van der Waals surface area contributed by atoms with E-state index in [1.165, 1.54) is 22.5 Å². The zero-order valence-corrected chi connectivity index (χ0v) is 18.7. The van der Waals surface area contributed by atoms with E-state index in [9.17, 15) is 4.79 Å². The molecule has 148 valence electrons. The standard InChI is InChI=1S/C21H31N3OS2/c1-6-8-9-16(7-2)18(25)22-19-23-24-20(27-19)26-14-15-10-12-17(13-11-15)21(3,4)5/h10-13,16H,6-9,14H2,1-5H3,(H,22,23,25)/t16-/m1/s1. The lowest BCUT2D eigenvalue weighted by Crippen LogP contribution is -2.22. The highest BCUT2D eigenvalue weighted by molar-refractivity contribution is 8.00. The van der Waals surface area contributed by atoms with Crippen LogP contribution < -0.4 is 5.32 Å². The fraction of sp³-hybridized carbons (Fsp3) is 0.571. The Morgan fingerprint density at radius 2 is 1.89 bits per heavy atom. The van der Waals surface area contributed by atoms with Crippen molar-refractivity contribution in [2.75, 3.05) is 5.32 Å². The number of rotatable bonds is 9. The van der Waals surface area contributed by atoms with Crippen LogP contribution in [0.5, 0.6) is 0 Å². The Kier molecular flexibility index (Phi) is 8.29. The summed E-state index contributed by atoms with van der Waals surface area (Å²) in [4.78, 5) is 12.4. The molecule has 0 bridgehead atoms. The van der Waals surface area contributed by atoms with Crippen molar-refractivity contribution in [3.05, 3.63) is 35.4 Å². The first-order valence-electron chi connectivity index (χ1n) is 9.70. The number of nitrogens with one attached hydrogen (secondary N) is 1. The summed E-state index contributed by atoms with van der Waals surface area (Å²) in [6.45, 7) is 10.9. The normalized spacial score (nSPS) is 12.8. The van der Waals surface area contributed by atoms with Crippen molar-refractivity contribution >= 4 is 34.1 Å². The SMILES string of the molecule is CCCC[C@@H](CC)C(=O)Nc1nnc(SCc2ccc(C(C)(C)C)cc2)s1. The Labute approximate surface area is 171 Å². The number of benzene rings is 1. The van der Waals surface area contributed by atoms with Gasteiger partial charge >= 0.3 is 0 Å². The highest BCUT2D eigenvalue weighted by atomic mass is 32.2. The van der Waals surface area contributed by atoms with Crippen LogP contribution in [0.1, 0.15) is 71.4 Å². The summed E-state index contributed by atoms with van der Waals surface area (Å²) in [5, 5.41) is 11.9. The lowest BCUT2D eigenvalue weighted by molar-refractivity contribution is -0.120. The lowest BCUT2D eigenvalue weighted by atomic mass is 9.87. The van der Waals surface area contributed by atoms with Crippen molar-refractivity contribution in [3.8, 4) is 0 Å². The fourth-order valence-electron chi connectivity index (χ4n) is 2.74. The van der Waals surface area contributed by atoms with E-state index in [1.807, 2.05) is 0 Å². The maximum Gasteiger partial charge on any atom is 0.229 e. The van der Waals surface area contributed by atoms with E-state index in [0.717, 1.165) is 35.8 Å². The van der Waals surface area contributed by atoms with Crippen molar-refractivity contribution in [2.45, 2.75) is 75.8 Å². The molecule has 0 radical (unpaired) electrons. The third kappa shape index (κ3) is 6.92. The first-order chi connectivity index (χ1) is 12.8. The maximum atomic E-state index is 12.4. The third-order valence-electron chi connectivity index (χ3n) is 4.59. The van der Waals surface area contributed by atoms with Crippen LogP contribution in [0.25, 0.3) is 0 Å². The Bertz CT molecular complexity index is 720. The van der Waals surface area contributed by atoms with Crippen LogP contribution in [0.15, 0.2) is 28.6 Å². The monoisotopic (exact) mass is 405 g/mol. The van der Waals surface area contributed by atoms with Crippen LogP contribution in [0.2, 0.25) is 0 Å². The first-order valence-corrected chi connectivity index (χ1v) is 11.5. The number of amides is 1. The van der Waals surface area contributed by atoms with E-state index in [1.54, 1.807) is 11.8 Å². The van der Waals surface area contributed by atoms with Crippen molar-refractivity contribution in [3.63, 3.8) is 0 Å². The van der Waals surface area contributed by atoms with Crippen LogP contribution in [0.4, 0.5) is 5.13 Å². The zero-order chi connectivity index (χ0) is 19.9. The first kappa shape index (κ1) is 21.9. The minimum atomic E-state index is 0.0614. The predicted octanol–water partition coefficient (Wildman–Crippen LogP) is 6.28. The molecule has 1 heterocycles. The van der Waals surface area contributed by atoms with E-state index in [0.29, 0.717) is 5.13 Å². The molecular weight excluding hydrogens is 374 g/mol. The Balaban J connectivity index is 1.87. The van der Waals surface area contributed by atoms with Gasteiger partial charge in [-0.15, -0.1) is 10.2 Å². The largest absolute Gasteiger partial charge is 0.300 e. The minimum Gasteiger partial charge on any atom is -0.300 e. The van der Waals surface area contributed by atoms with E-state index >= 15 is 0 Å². The molecule has 4 nitrogen and oxygen atoms in total. The molecule has 1 aromatic heterocycles. The van der Waals surface area contributed by atoms with Crippen molar-refractivity contribution in [1.82, 2.24) is 10.2 Å². The molecule has 0 saturated heterocycles. The predicted molar refractivity (Wildman–Crippen MR) is 117 cm³/mol. The van der Waals surface area contributed by atoms with Crippen molar-refractivity contribution in [1.29, 1.82) is 0 Å². The minimum absolute atomic E-state index is 0.0614. The van der Waals surface area contributed by atoms with E-state index in [2.05, 4.69) is 74.4 Å². The molecule has 1 N–H and O–H groups in total. The molecule has 1 atom stereocenters. The molecule has 1 amide bonds. The second kappa shape index (κ2) is 10.2. The Morgan fingerprint density at radius 1 is 1.19 bits per heavy atom. The van der Waals surface area contributed by atoms with Gasteiger partial charge in [-0.05, 0) is 29.4 Å². The smallest absolute Gasteiger partial charge is 0.229 e. The molecule has 6 heteroatoms. The van der Waals surface area contributed by atoms with Gasteiger partial charge in [0.1, 0.15) is 0 Å². The summed E-state index contributed by atoms with van der Waals surface area (Å²) in [5.74, 6) is 0.976. The molecule has 0 aliphatic rings. The molecule has 27 heavy (non-hydrogen) atoms. The van der Waals surface area contributed by atoms with Gasteiger partial charge in [-0.2, -0.15) is 0 Å². The van der Waals surface area contributed by atoms with Gasteiger partial charge in [0.2, 0.25) is 11.0 Å². The average Bonchev–Trinajstić information content (AvgIpc) is 3.07. The van der Waals surface area contributed by atoms with Crippen molar-refractivity contribution in [2.24, 2.45) is 5.92 Å². The molecular formula is C21H31N3OS2. The fourth-order valence-corrected chi connectivity index (χ4v) is 4.45. The summed E-state index contributed by atoms with van der Waals surface area (Å²) in [6, 6.07) is 8.75. The summed E-state index contributed by atoms with van der Waals surface area (Å²) in [6.07, 6.45) is 3.98. The topological polar surface area (TPSA) is 54.9 Å². The summed E-state index contributed by atoms with van der Waals surface area (Å²) in [5.41, 5.74) is 2.77. The summed E-state index contributed by atoms with van der Waals surface area (Å²) in [7, 11) is 0. The van der Waals surface area contributed by atoms with Crippen LogP contribution in [-0.4, -0.2) is 16.1 Å². The van der Waals surface area contributed by atoms with Gasteiger partial charge in [-0.25, -0.2) is 0 Å².